The third kappa shape index (κ3) is 5.27. The largest absolute Gasteiger partial charge is 0.457 e. The minimum Gasteiger partial charge on any atom is -0.457 e. The molecule has 4 rings (SSSR count). The molecule has 33 heavy (non-hydrogen) atoms. The van der Waals surface area contributed by atoms with Crippen LogP contribution in [0.5, 0.6) is 11.5 Å². The molecule has 2 heterocycles. The number of carbonyl (C=O) groups is 1. The number of nitrogens with zero attached hydrogens (tertiary/aromatic N) is 2. The Hall–Kier alpha value is -3.98. The van der Waals surface area contributed by atoms with Crippen LogP contribution in [0.1, 0.15) is 16.1 Å². The van der Waals surface area contributed by atoms with Gasteiger partial charge in [0.25, 0.3) is 5.91 Å². The van der Waals surface area contributed by atoms with Crippen LogP contribution < -0.4 is 15.6 Å². The molecule has 2 aromatic heterocycles. The number of benzene rings is 2. The monoisotopic (exact) mass is 472 g/mol. The van der Waals surface area contributed by atoms with E-state index in [4.69, 9.17) is 16.3 Å². The van der Waals surface area contributed by atoms with Crippen molar-refractivity contribution in [2.24, 2.45) is 0 Å². The van der Waals surface area contributed by atoms with E-state index in [0.29, 0.717) is 23.4 Å². The van der Waals surface area contributed by atoms with Crippen molar-refractivity contribution < 1.29 is 22.7 Å². The molecule has 0 spiro atoms. The zero-order valence-electron chi connectivity index (χ0n) is 16.8. The molecule has 0 aliphatic heterocycles. The van der Waals surface area contributed by atoms with Gasteiger partial charge >= 0.3 is 6.18 Å². The number of carbonyl (C=O) groups excluding carboxylic acids is 1. The molecule has 2 N–H and O–H groups in total. The maximum absolute atomic E-state index is 12.9. The van der Waals surface area contributed by atoms with Crippen molar-refractivity contribution in [3.63, 3.8) is 0 Å². The second kappa shape index (κ2) is 9.25. The van der Waals surface area contributed by atoms with Gasteiger partial charge in [0.2, 0.25) is 0 Å². The van der Waals surface area contributed by atoms with E-state index in [1.807, 2.05) is 30.3 Å². The Kier molecular flexibility index (Phi) is 6.23. The van der Waals surface area contributed by atoms with Gasteiger partial charge in [0, 0.05) is 12.4 Å². The highest BCUT2D eigenvalue weighted by atomic mass is 35.5. The summed E-state index contributed by atoms with van der Waals surface area (Å²) in [6.07, 6.45) is -2.43. The molecule has 0 fully saturated rings. The Balaban J connectivity index is 1.43. The van der Waals surface area contributed by atoms with Crippen molar-refractivity contribution in [2.75, 3.05) is 5.43 Å². The molecule has 0 bridgehead atoms. The minimum absolute atomic E-state index is 0.00207. The number of halogens is 4. The lowest BCUT2D eigenvalue weighted by atomic mass is 10.2. The molecule has 0 saturated carbocycles. The number of alkyl halides is 3. The number of nitrogens with one attached hydrogen (secondary N) is 2. The molecule has 0 aliphatic rings. The fourth-order valence-electron chi connectivity index (χ4n) is 2.94. The van der Waals surface area contributed by atoms with E-state index in [-0.39, 0.29) is 16.5 Å². The average molecular weight is 473 g/mol. The number of pyridine rings is 1. The highest BCUT2D eigenvalue weighted by Gasteiger charge is 2.32. The van der Waals surface area contributed by atoms with Crippen LogP contribution in [0.3, 0.4) is 0 Å². The molecule has 0 aliphatic carbocycles. The van der Waals surface area contributed by atoms with Crippen molar-refractivity contribution in [3.8, 4) is 17.3 Å². The Morgan fingerprint density at radius 3 is 2.33 bits per heavy atom. The van der Waals surface area contributed by atoms with E-state index in [1.165, 1.54) is 16.8 Å². The summed E-state index contributed by atoms with van der Waals surface area (Å²) in [6, 6.07) is 20.0. The smallest absolute Gasteiger partial charge is 0.417 e. The maximum Gasteiger partial charge on any atom is 0.417 e. The van der Waals surface area contributed by atoms with Crippen molar-refractivity contribution in [1.29, 1.82) is 0 Å². The zero-order valence-corrected chi connectivity index (χ0v) is 17.6. The van der Waals surface area contributed by atoms with Gasteiger partial charge in [0.1, 0.15) is 17.2 Å². The standard InChI is InChI=1S/C23H16ClF3N4O2/c24-19-13-15(23(25,26)27)14-28-21(19)31-12-4-7-20(31)22(32)30-29-16-8-10-18(11-9-16)33-17-5-2-1-3-6-17/h1-14,29H,(H,30,32). The quantitative estimate of drug-likeness (QED) is 0.333. The predicted octanol–water partition coefficient (Wildman–Crippen LogP) is 6.09. The van der Waals surface area contributed by atoms with E-state index in [0.717, 1.165) is 6.07 Å². The molecule has 168 valence electrons. The van der Waals surface area contributed by atoms with Crippen LogP contribution in [0.4, 0.5) is 18.9 Å². The van der Waals surface area contributed by atoms with Gasteiger partial charge < -0.3 is 4.74 Å². The Morgan fingerprint density at radius 2 is 1.67 bits per heavy atom. The van der Waals surface area contributed by atoms with Crippen LogP contribution in [-0.4, -0.2) is 15.5 Å². The van der Waals surface area contributed by atoms with Crippen molar-refractivity contribution >= 4 is 23.2 Å². The molecule has 6 nitrogen and oxygen atoms in total. The third-order valence-corrected chi connectivity index (χ3v) is 4.79. The van der Waals surface area contributed by atoms with Gasteiger partial charge in [-0.25, -0.2) is 4.98 Å². The van der Waals surface area contributed by atoms with E-state index in [9.17, 15) is 18.0 Å². The second-order valence-electron chi connectivity index (χ2n) is 6.81. The number of para-hydroxylation sites is 1. The molecule has 0 unspecified atom stereocenters. The summed E-state index contributed by atoms with van der Waals surface area (Å²) in [5.41, 5.74) is 5.05. The summed E-state index contributed by atoms with van der Waals surface area (Å²) in [5, 5.41) is -0.239. The first-order valence-corrected chi connectivity index (χ1v) is 9.99. The van der Waals surface area contributed by atoms with Crippen LogP contribution in [0.15, 0.2) is 85.2 Å². The lowest BCUT2D eigenvalue weighted by molar-refractivity contribution is -0.137. The summed E-state index contributed by atoms with van der Waals surface area (Å²) < 4.78 is 45.6. The molecule has 2 aromatic carbocycles. The van der Waals surface area contributed by atoms with Gasteiger partial charge in [-0.1, -0.05) is 29.8 Å². The number of anilines is 1. The Bertz CT molecular complexity index is 1260. The highest BCUT2D eigenvalue weighted by molar-refractivity contribution is 6.32. The maximum atomic E-state index is 12.9. The SMILES string of the molecule is O=C(NNc1ccc(Oc2ccccc2)cc1)c1cccn1-c1ncc(C(F)(F)F)cc1Cl. The summed E-state index contributed by atoms with van der Waals surface area (Å²) in [6.45, 7) is 0. The summed E-state index contributed by atoms with van der Waals surface area (Å²) in [7, 11) is 0. The van der Waals surface area contributed by atoms with Gasteiger partial charge in [-0.3, -0.25) is 20.2 Å². The Labute approximate surface area is 191 Å². The topological polar surface area (TPSA) is 68.2 Å². The van der Waals surface area contributed by atoms with Gasteiger partial charge in [0.05, 0.1) is 16.3 Å². The number of rotatable bonds is 6. The minimum atomic E-state index is -4.57. The number of hydrogen-bond donors (Lipinski definition) is 2. The number of amides is 1. The van der Waals surface area contributed by atoms with E-state index < -0.39 is 17.6 Å². The van der Waals surface area contributed by atoms with E-state index in [2.05, 4.69) is 15.8 Å². The summed E-state index contributed by atoms with van der Waals surface area (Å²) in [5.74, 6) is 0.780. The molecular formula is C23H16ClF3N4O2. The molecule has 4 aromatic rings. The molecule has 0 saturated heterocycles. The van der Waals surface area contributed by atoms with Crippen molar-refractivity contribution in [1.82, 2.24) is 15.0 Å². The summed E-state index contributed by atoms with van der Waals surface area (Å²) in [4.78, 5) is 16.4. The molecule has 0 atom stereocenters. The predicted molar refractivity (Wildman–Crippen MR) is 118 cm³/mol. The Morgan fingerprint density at radius 1 is 0.970 bits per heavy atom. The van der Waals surface area contributed by atoms with Gasteiger partial charge in [-0.05, 0) is 54.6 Å². The first kappa shape index (κ1) is 22.2. The third-order valence-electron chi connectivity index (χ3n) is 4.51. The van der Waals surface area contributed by atoms with Crippen molar-refractivity contribution in [3.05, 3.63) is 101 Å². The lowest BCUT2D eigenvalue weighted by Gasteiger charge is -2.13. The van der Waals surface area contributed by atoms with Crippen molar-refractivity contribution in [2.45, 2.75) is 6.18 Å². The van der Waals surface area contributed by atoms with Gasteiger partial charge in [-0.2, -0.15) is 13.2 Å². The van der Waals surface area contributed by atoms with Crippen LogP contribution in [0.25, 0.3) is 5.82 Å². The molecule has 0 radical (unpaired) electrons. The van der Waals surface area contributed by atoms with Crippen LogP contribution in [0, 0.1) is 0 Å². The number of aromatic nitrogens is 2. The fraction of sp³-hybridized carbons (Fsp3) is 0.0435. The fourth-order valence-corrected chi connectivity index (χ4v) is 3.19. The van der Waals surface area contributed by atoms with Gasteiger partial charge in [-0.15, -0.1) is 0 Å². The number of hydrogen-bond acceptors (Lipinski definition) is 4. The van der Waals surface area contributed by atoms with Crippen LogP contribution in [-0.2, 0) is 6.18 Å². The van der Waals surface area contributed by atoms with Gasteiger partial charge in [0.15, 0.2) is 5.82 Å². The van der Waals surface area contributed by atoms with E-state index in [1.54, 1.807) is 30.3 Å². The first-order valence-electron chi connectivity index (χ1n) is 9.61. The second-order valence-corrected chi connectivity index (χ2v) is 7.22. The molecular weight excluding hydrogens is 457 g/mol. The number of ether oxygens (including phenoxy) is 1. The van der Waals surface area contributed by atoms with Crippen LogP contribution in [0.2, 0.25) is 5.02 Å². The number of hydrazine groups is 1. The average Bonchev–Trinajstić information content (AvgIpc) is 3.28. The van der Waals surface area contributed by atoms with E-state index >= 15 is 0 Å². The molecule has 1 amide bonds. The lowest BCUT2D eigenvalue weighted by Crippen LogP contribution is -2.31. The zero-order chi connectivity index (χ0) is 23.4. The summed E-state index contributed by atoms with van der Waals surface area (Å²) >= 11 is 6.01. The van der Waals surface area contributed by atoms with Crippen LogP contribution >= 0.6 is 11.6 Å². The first-order chi connectivity index (χ1) is 15.8. The highest BCUT2D eigenvalue weighted by Crippen LogP contribution is 2.32. The normalized spacial score (nSPS) is 11.2. The molecule has 10 heteroatoms.